The number of carbonyl (C=O) groups excluding carboxylic acids is 1. The van der Waals surface area contributed by atoms with E-state index < -0.39 is 5.79 Å². The first kappa shape index (κ1) is 7.80. The van der Waals surface area contributed by atoms with Crippen LogP contribution in [0.2, 0.25) is 0 Å². The van der Waals surface area contributed by atoms with E-state index in [0.29, 0.717) is 42.7 Å². The standard InChI is InChI=1S/C12H14O3/c13-11-6-3-7-9-5(6)4-8(9)12(10(7)11)14-1-2-15-12/h5-10H,1-4H2. The molecule has 0 aromatic rings. The summed E-state index contributed by atoms with van der Waals surface area (Å²) in [5.41, 5.74) is 0. The molecule has 0 aromatic carbocycles. The number of ketones is 1. The second kappa shape index (κ2) is 2.03. The maximum Gasteiger partial charge on any atom is 0.181 e. The van der Waals surface area contributed by atoms with Crippen molar-refractivity contribution in [1.82, 2.24) is 0 Å². The third kappa shape index (κ3) is 0.570. The van der Waals surface area contributed by atoms with Gasteiger partial charge >= 0.3 is 0 Å². The van der Waals surface area contributed by atoms with Crippen LogP contribution in [0.3, 0.4) is 0 Å². The fraction of sp³-hybridized carbons (Fsp3) is 0.917. The highest BCUT2D eigenvalue weighted by Gasteiger charge is 2.80. The number of ether oxygens (including phenoxy) is 2. The fourth-order valence-corrected chi connectivity index (χ4v) is 5.51. The summed E-state index contributed by atoms with van der Waals surface area (Å²) in [7, 11) is 0. The van der Waals surface area contributed by atoms with Gasteiger partial charge in [0.05, 0.1) is 19.1 Å². The molecule has 5 rings (SSSR count). The number of fused-ring (bicyclic) bond motifs is 4. The maximum absolute atomic E-state index is 12.3. The van der Waals surface area contributed by atoms with Gasteiger partial charge in [-0.3, -0.25) is 4.79 Å². The van der Waals surface area contributed by atoms with Gasteiger partial charge in [0.1, 0.15) is 5.78 Å². The minimum atomic E-state index is -0.450. The van der Waals surface area contributed by atoms with Gasteiger partial charge in [-0.1, -0.05) is 0 Å². The van der Waals surface area contributed by atoms with Crippen LogP contribution in [0.15, 0.2) is 0 Å². The first-order chi connectivity index (χ1) is 7.33. The summed E-state index contributed by atoms with van der Waals surface area (Å²) in [6.07, 6.45) is 2.33. The average molecular weight is 206 g/mol. The Morgan fingerprint density at radius 1 is 1.13 bits per heavy atom. The number of rotatable bonds is 0. The molecule has 2 bridgehead atoms. The monoisotopic (exact) mass is 206 g/mol. The van der Waals surface area contributed by atoms with Gasteiger partial charge in [-0.05, 0) is 30.6 Å². The van der Waals surface area contributed by atoms with Gasteiger partial charge in [0, 0.05) is 11.8 Å². The predicted molar refractivity (Wildman–Crippen MR) is 49.8 cm³/mol. The molecule has 0 N–H and O–H groups in total. The van der Waals surface area contributed by atoms with Crippen molar-refractivity contribution in [3.8, 4) is 0 Å². The number of carbonyl (C=O) groups is 1. The third-order valence-electron chi connectivity index (χ3n) is 5.81. The van der Waals surface area contributed by atoms with Crippen molar-refractivity contribution in [2.24, 2.45) is 35.5 Å². The van der Waals surface area contributed by atoms with Crippen molar-refractivity contribution >= 4 is 5.78 Å². The Hall–Kier alpha value is -0.410. The van der Waals surface area contributed by atoms with Crippen molar-refractivity contribution in [3.63, 3.8) is 0 Å². The molecule has 15 heavy (non-hydrogen) atoms. The summed E-state index contributed by atoms with van der Waals surface area (Å²) >= 11 is 0. The van der Waals surface area contributed by atoms with Crippen molar-refractivity contribution in [2.45, 2.75) is 18.6 Å². The molecule has 6 atom stereocenters. The molecule has 5 fully saturated rings. The molecular weight excluding hydrogens is 192 g/mol. The van der Waals surface area contributed by atoms with Gasteiger partial charge in [0.2, 0.25) is 0 Å². The van der Waals surface area contributed by atoms with E-state index >= 15 is 0 Å². The second-order valence-corrected chi connectivity index (χ2v) is 5.89. The largest absolute Gasteiger partial charge is 0.346 e. The first-order valence-corrected chi connectivity index (χ1v) is 6.14. The molecular formula is C12H14O3. The van der Waals surface area contributed by atoms with Gasteiger partial charge in [-0.25, -0.2) is 0 Å². The van der Waals surface area contributed by atoms with Gasteiger partial charge in [0.25, 0.3) is 0 Å². The summed E-state index contributed by atoms with van der Waals surface area (Å²) in [6, 6.07) is 0. The lowest BCUT2D eigenvalue weighted by atomic mass is 9.63. The predicted octanol–water partition coefficient (Wildman–Crippen LogP) is 0.830. The molecule has 1 heterocycles. The Balaban J connectivity index is 1.74. The topological polar surface area (TPSA) is 35.5 Å². The van der Waals surface area contributed by atoms with E-state index in [-0.39, 0.29) is 5.92 Å². The molecule has 6 unspecified atom stereocenters. The normalized spacial score (nSPS) is 61.7. The lowest BCUT2D eigenvalue weighted by Crippen LogP contribution is -2.46. The molecule has 3 heteroatoms. The van der Waals surface area contributed by atoms with Gasteiger partial charge in [-0.2, -0.15) is 0 Å². The van der Waals surface area contributed by atoms with Gasteiger partial charge in [-0.15, -0.1) is 0 Å². The van der Waals surface area contributed by atoms with Crippen molar-refractivity contribution < 1.29 is 14.3 Å². The van der Waals surface area contributed by atoms with Crippen LogP contribution in [0.1, 0.15) is 12.8 Å². The Bertz CT molecular complexity index is 371. The summed E-state index contributed by atoms with van der Waals surface area (Å²) in [5.74, 6) is 3.16. The Morgan fingerprint density at radius 3 is 2.73 bits per heavy atom. The van der Waals surface area contributed by atoms with Gasteiger partial charge < -0.3 is 9.47 Å². The number of hydrogen-bond donors (Lipinski definition) is 0. The molecule has 1 saturated heterocycles. The number of Topliss-reactive ketones (excluding diaryl/α,β-unsaturated/α-hetero) is 1. The van der Waals surface area contributed by atoms with Crippen molar-refractivity contribution in [3.05, 3.63) is 0 Å². The molecule has 3 nitrogen and oxygen atoms in total. The summed E-state index contributed by atoms with van der Waals surface area (Å²) in [4.78, 5) is 12.3. The van der Waals surface area contributed by atoms with Crippen molar-refractivity contribution in [2.75, 3.05) is 13.2 Å². The van der Waals surface area contributed by atoms with E-state index in [1.165, 1.54) is 6.42 Å². The van der Waals surface area contributed by atoms with Crippen LogP contribution in [0.5, 0.6) is 0 Å². The Morgan fingerprint density at radius 2 is 1.93 bits per heavy atom. The van der Waals surface area contributed by atoms with E-state index in [2.05, 4.69) is 0 Å². The highest BCUT2D eigenvalue weighted by atomic mass is 16.7. The average Bonchev–Trinajstić information content (AvgIpc) is 2.77. The zero-order valence-electron chi connectivity index (χ0n) is 8.52. The zero-order valence-corrected chi connectivity index (χ0v) is 8.52. The Kier molecular flexibility index (Phi) is 1.05. The molecule has 1 aliphatic heterocycles. The molecule has 4 aliphatic carbocycles. The van der Waals surface area contributed by atoms with Crippen LogP contribution in [0.4, 0.5) is 0 Å². The van der Waals surface area contributed by atoms with E-state index in [1.54, 1.807) is 0 Å². The van der Waals surface area contributed by atoms with Crippen LogP contribution in [-0.2, 0) is 14.3 Å². The summed E-state index contributed by atoms with van der Waals surface area (Å²) in [6.45, 7) is 1.38. The lowest BCUT2D eigenvalue weighted by Gasteiger charge is -2.43. The third-order valence-corrected chi connectivity index (χ3v) is 5.81. The van der Waals surface area contributed by atoms with Gasteiger partial charge in [0.15, 0.2) is 5.79 Å². The van der Waals surface area contributed by atoms with Crippen LogP contribution in [0.25, 0.3) is 0 Å². The van der Waals surface area contributed by atoms with Crippen LogP contribution in [0, 0.1) is 35.5 Å². The zero-order chi connectivity index (χ0) is 9.78. The molecule has 0 amide bonds. The van der Waals surface area contributed by atoms with E-state index in [9.17, 15) is 4.79 Å². The highest BCUT2D eigenvalue weighted by molar-refractivity contribution is 5.90. The summed E-state index contributed by atoms with van der Waals surface area (Å²) < 4.78 is 11.8. The molecule has 0 aromatic heterocycles. The second-order valence-electron chi connectivity index (χ2n) is 5.89. The molecule has 1 spiro atoms. The van der Waals surface area contributed by atoms with E-state index in [1.807, 2.05) is 0 Å². The quantitative estimate of drug-likeness (QED) is 0.589. The fourth-order valence-electron chi connectivity index (χ4n) is 5.51. The van der Waals surface area contributed by atoms with E-state index in [4.69, 9.17) is 9.47 Å². The van der Waals surface area contributed by atoms with Crippen LogP contribution in [-0.4, -0.2) is 24.8 Å². The molecule has 4 saturated carbocycles. The molecule has 80 valence electrons. The first-order valence-electron chi connectivity index (χ1n) is 6.14. The van der Waals surface area contributed by atoms with Crippen LogP contribution < -0.4 is 0 Å². The molecule has 0 radical (unpaired) electrons. The maximum atomic E-state index is 12.3. The highest BCUT2D eigenvalue weighted by Crippen LogP contribution is 2.75. The number of hydrogen-bond acceptors (Lipinski definition) is 3. The smallest absolute Gasteiger partial charge is 0.181 e. The lowest BCUT2D eigenvalue weighted by molar-refractivity contribution is -0.222. The van der Waals surface area contributed by atoms with E-state index in [0.717, 1.165) is 12.3 Å². The van der Waals surface area contributed by atoms with Crippen molar-refractivity contribution in [1.29, 1.82) is 0 Å². The summed E-state index contributed by atoms with van der Waals surface area (Å²) in [5, 5.41) is 0. The molecule has 5 aliphatic rings. The Labute approximate surface area is 88.1 Å². The minimum absolute atomic E-state index is 0.110. The SMILES string of the molecule is O=C1C2CC3C4C2CC4C2(OCCO2)C13. The minimum Gasteiger partial charge on any atom is -0.346 e. The van der Waals surface area contributed by atoms with Crippen LogP contribution >= 0.6 is 0 Å².